The van der Waals surface area contributed by atoms with Crippen molar-refractivity contribution in [2.45, 2.75) is 16.7 Å². The predicted octanol–water partition coefficient (Wildman–Crippen LogP) is 2.33. The summed E-state index contributed by atoms with van der Waals surface area (Å²) in [5.41, 5.74) is 1.25. The monoisotopic (exact) mass is 257 g/mol. The Hall–Kier alpha value is -0.710. The fourth-order valence-electron chi connectivity index (χ4n) is 1.74. The van der Waals surface area contributed by atoms with Crippen LogP contribution in [0.3, 0.4) is 0 Å². The van der Waals surface area contributed by atoms with Crippen LogP contribution < -0.4 is 0 Å². The lowest BCUT2D eigenvalue weighted by atomic mass is 10.1. The maximum absolute atomic E-state index is 10.6. The number of hydrogen-bond acceptors (Lipinski definition) is 3. The van der Waals surface area contributed by atoms with Crippen LogP contribution in [0.1, 0.15) is 5.56 Å². The van der Waals surface area contributed by atoms with Gasteiger partial charge in [-0.25, -0.2) is 0 Å². The molecule has 0 saturated carbocycles. The van der Waals surface area contributed by atoms with E-state index >= 15 is 0 Å². The smallest absolute Gasteiger partial charge is 0.317 e. The second-order valence-corrected chi connectivity index (χ2v) is 5.49. The summed E-state index contributed by atoms with van der Waals surface area (Å²) in [7, 11) is 1.83. The van der Waals surface area contributed by atoms with Gasteiger partial charge in [0.25, 0.3) is 0 Å². The molecule has 1 aliphatic rings. The highest BCUT2D eigenvalue weighted by molar-refractivity contribution is 8.00. The van der Waals surface area contributed by atoms with Gasteiger partial charge in [-0.15, -0.1) is 11.8 Å². The van der Waals surface area contributed by atoms with E-state index in [2.05, 4.69) is 0 Å². The van der Waals surface area contributed by atoms with Crippen LogP contribution in [-0.4, -0.2) is 34.9 Å². The zero-order valence-electron chi connectivity index (χ0n) is 8.81. The maximum atomic E-state index is 10.6. The number of benzene rings is 1. The Morgan fingerprint density at radius 3 is 3.12 bits per heavy atom. The third kappa shape index (κ3) is 2.51. The van der Waals surface area contributed by atoms with Crippen molar-refractivity contribution in [2.24, 2.45) is 0 Å². The summed E-state index contributed by atoms with van der Waals surface area (Å²) in [6.45, 7) is 0.0688. The first kappa shape index (κ1) is 11.8. The first-order valence-corrected chi connectivity index (χ1v) is 6.19. The number of hydrogen-bond donors (Lipinski definition) is 1. The van der Waals surface area contributed by atoms with Gasteiger partial charge < -0.3 is 5.11 Å². The van der Waals surface area contributed by atoms with Crippen molar-refractivity contribution in [1.82, 2.24) is 4.90 Å². The van der Waals surface area contributed by atoms with Crippen LogP contribution in [0, 0.1) is 0 Å². The molecule has 0 amide bonds. The van der Waals surface area contributed by atoms with E-state index in [0.29, 0.717) is 0 Å². The number of nitrogens with zero attached hydrogens (tertiary/aromatic N) is 1. The molecule has 3 nitrogen and oxygen atoms in total. The lowest BCUT2D eigenvalue weighted by Gasteiger charge is -2.20. The van der Waals surface area contributed by atoms with Crippen molar-refractivity contribution in [3.8, 4) is 0 Å². The second kappa shape index (κ2) is 4.65. The van der Waals surface area contributed by atoms with Gasteiger partial charge in [-0.05, 0) is 31.2 Å². The molecule has 5 heteroatoms. The van der Waals surface area contributed by atoms with Crippen LogP contribution in [0.5, 0.6) is 0 Å². The molecule has 0 saturated heterocycles. The lowest BCUT2D eigenvalue weighted by molar-refractivity contribution is -0.138. The summed E-state index contributed by atoms with van der Waals surface area (Å²) in [6, 6.07) is 5.83. The predicted molar refractivity (Wildman–Crippen MR) is 65.1 cm³/mol. The molecule has 0 spiro atoms. The van der Waals surface area contributed by atoms with Gasteiger partial charge in [0.1, 0.15) is 0 Å². The van der Waals surface area contributed by atoms with Crippen LogP contribution in [0.2, 0.25) is 5.02 Å². The van der Waals surface area contributed by atoms with Gasteiger partial charge in [0, 0.05) is 9.92 Å². The molecular formula is C11H12ClNO2S. The minimum Gasteiger partial charge on any atom is -0.480 e. The van der Waals surface area contributed by atoms with Crippen LogP contribution in [0.4, 0.5) is 0 Å². The Kier molecular flexibility index (Phi) is 3.42. The van der Waals surface area contributed by atoms with Crippen molar-refractivity contribution in [1.29, 1.82) is 0 Å². The molecule has 0 fully saturated rings. The largest absolute Gasteiger partial charge is 0.480 e. The summed E-state index contributed by atoms with van der Waals surface area (Å²) in [5.74, 6) is -0.794. The number of thioether (sulfide) groups is 1. The van der Waals surface area contributed by atoms with Crippen LogP contribution in [0.15, 0.2) is 23.1 Å². The van der Waals surface area contributed by atoms with E-state index in [1.165, 1.54) is 5.56 Å². The SMILES string of the molecule is CN(CC(=O)O)C1Cc2ccc(Cl)cc2S1. The van der Waals surface area contributed by atoms with Gasteiger partial charge >= 0.3 is 5.97 Å². The van der Waals surface area contributed by atoms with Crippen LogP contribution in [-0.2, 0) is 11.2 Å². The first-order chi connectivity index (χ1) is 7.56. The van der Waals surface area contributed by atoms with E-state index in [9.17, 15) is 4.79 Å². The highest BCUT2D eigenvalue weighted by atomic mass is 35.5. The van der Waals surface area contributed by atoms with E-state index in [4.69, 9.17) is 16.7 Å². The normalized spacial score (nSPS) is 18.8. The Morgan fingerprint density at radius 2 is 2.44 bits per heavy atom. The fraction of sp³-hybridized carbons (Fsp3) is 0.364. The van der Waals surface area contributed by atoms with Crippen molar-refractivity contribution in [3.63, 3.8) is 0 Å². The maximum Gasteiger partial charge on any atom is 0.317 e. The van der Waals surface area contributed by atoms with Gasteiger partial charge in [-0.1, -0.05) is 17.7 Å². The summed E-state index contributed by atoms with van der Waals surface area (Å²) >= 11 is 7.59. The van der Waals surface area contributed by atoms with Gasteiger partial charge in [-0.2, -0.15) is 0 Å². The van der Waals surface area contributed by atoms with Crippen LogP contribution in [0.25, 0.3) is 0 Å². The van der Waals surface area contributed by atoms with E-state index in [1.807, 2.05) is 30.1 Å². The minimum atomic E-state index is -0.794. The first-order valence-electron chi connectivity index (χ1n) is 4.93. The molecule has 1 aliphatic heterocycles. The Morgan fingerprint density at radius 1 is 1.69 bits per heavy atom. The molecule has 1 heterocycles. The number of carboxylic acids is 1. The average molecular weight is 258 g/mol. The quantitative estimate of drug-likeness (QED) is 0.902. The molecule has 86 valence electrons. The highest BCUT2D eigenvalue weighted by Crippen LogP contribution is 2.39. The van der Waals surface area contributed by atoms with E-state index < -0.39 is 5.97 Å². The molecule has 2 rings (SSSR count). The van der Waals surface area contributed by atoms with E-state index in [1.54, 1.807) is 11.8 Å². The number of carboxylic acid groups (broad SMARTS) is 1. The lowest BCUT2D eigenvalue weighted by Crippen LogP contribution is -2.33. The third-order valence-electron chi connectivity index (χ3n) is 2.56. The Balaban J connectivity index is 2.07. The van der Waals surface area contributed by atoms with Gasteiger partial charge in [0.15, 0.2) is 0 Å². The molecule has 1 aromatic rings. The molecule has 1 atom stereocenters. The number of aliphatic carboxylic acids is 1. The van der Waals surface area contributed by atoms with Crippen LogP contribution >= 0.6 is 23.4 Å². The Labute approximate surface area is 103 Å². The summed E-state index contributed by atoms with van der Waals surface area (Å²) in [6.07, 6.45) is 0.876. The van der Waals surface area contributed by atoms with Gasteiger partial charge in [0.2, 0.25) is 0 Å². The average Bonchev–Trinajstić information content (AvgIpc) is 2.59. The number of carbonyl (C=O) groups is 1. The van der Waals surface area contributed by atoms with Gasteiger partial charge in [0.05, 0.1) is 11.9 Å². The molecule has 16 heavy (non-hydrogen) atoms. The van der Waals surface area contributed by atoms with E-state index in [-0.39, 0.29) is 11.9 Å². The fourth-order valence-corrected chi connectivity index (χ4v) is 3.29. The highest BCUT2D eigenvalue weighted by Gasteiger charge is 2.26. The molecule has 1 aromatic carbocycles. The molecule has 1 unspecified atom stereocenters. The van der Waals surface area contributed by atoms with Crippen molar-refractivity contribution in [3.05, 3.63) is 28.8 Å². The van der Waals surface area contributed by atoms with Crippen molar-refractivity contribution < 1.29 is 9.90 Å². The topological polar surface area (TPSA) is 40.5 Å². The molecule has 0 aliphatic carbocycles. The standard InChI is InChI=1S/C11H12ClNO2S/c1-13(6-11(14)15)10-4-7-2-3-8(12)5-9(7)16-10/h2-3,5,10H,4,6H2,1H3,(H,14,15). The van der Waals surface area contributed by atoms with Crippen molar-refractivity contribution in [2.75, 3.05) is 13.6 Å². The molecule has 0 radical (unpaired) electrons. The molecule has 0 aromatic heterocycles. The second-order valence-electron chi connectivity index (χ2n) is 3.84. The summed E-state index contributed by atoms with van der Waals surface area (Å²) < 4.78 is 0. The number of halogens is 1. The summed E-state index contributed by atoms with van der Waals surface area (Å²) in [5, 5.41) is 9.66. The minimum absolute atomic E-state index is 0.0688. The van der Waals surface area contributed by atoms with Crippen molar-refractivity contribution >= 4 is 29.3 Å². The Bertz CT molecular complexity index is 424. The summed E-state index contributed by atoms with van der Waals surface area (Å²) in [4.78, 5) is 13.6. The zero-order valence-corrected chi connectivity index (χ0v) is 10.4. The van der Waals surface area contributed by atoms with Gasteiger partial charge in [-0.3, -0.25) is 9.69 Å². The third-order valence-corrected chi connectivity index (χ3v) is 4.23. The molecular weight excluding hydrogens is 246 g/mol. The number of rotatable bonds is 3. The number of fused-ring (bicyclic) bond motifs is 1. The molecule has 0 bridgehead atoms. The number of likely N-dealkylation sites (N-methyl/N-ethyl adjacent to an activating group) is 1. The zero-order chi connectivity index (χ0) is 11.7. The molecule has 1 N–H and O–H groups in total. The van der Waals surface area contributed by atoms with E-state index in [0.717, 1.165) is 16.3 Å².